The fourth-order valence-corrected chi connectivity index (χ4v) is 3.28. The zero-order valence-corrected chi connectivity index (χ0v) is 14.5. The standard InChI is InChI=1S/C12H26O5SSi/c1-12(2,3)19(5,6)16-9-10-7-11(8-15-10)17-18(4,13)14/h10-11H,7-9H2,1-6H3/t10-,11+/m1/s1. The molecule has 7 heteroatoms. The molecule has 2 atom stereocenters. The average Bonchev–Trinajstić information content (AvgIpc) is 2.58. The molecule has 0 aromatic carbocycles. The molecule has 1 saturated heterocycles. The highest BCUT2D eigenvalue weighted by Crippen LogP contribution is 2.37. The van der Waals surface area contributed by atoms with Gasteiger partial charge in [-0.15, -0.1) is 0 Å². The topological polar surface area (TPSA) is 61.8 Å². The van der Waals surface area contributed by atoms with E-state index in [1.54, 1.807) is 0 Å². The lowest BCUT2D eigenvalue weighted by atomic mass is 10.2. The molecule has 0 radical (unpaired) electrons. The van der Waals surface area contributed by atoms with E-state index in [9.17, 15) is 8.42 Å². The third kappa shape index (κ3) is 5.51. The van der Waals surface area contributed by atoms with Crippen molar-refractivity contribution in [3.05, 3.63) is 0 Å². The summed E-state index contributed by atoms with van der Waals surface area (Å²) in [6.45, 7) is 11.8. The molecule has 114 valence electrons. The third-order valence-corrected chi connectivity index (χ3v) is 8.91. The summed E-state index contributed by atoms with van der Waals surface area (Å²) in [7, 11) is -5.19. The van der Waals surface area contributed by atoms with Crippen LogP contribution in [0.1, 0.15) is 27.2 Å². The molecule has 0 aromatic rings. The van der Waals surface area contributed by atoms with Crippen LogP contribution < -0.4 is 0 Å². The maximum absolute atomic E-state index is 11.0. The Morgan fingerprint density at radius 3 is 2.37 bits per heavy atom. The van der Waals surface area contributed by atoms with Gasteiger partial charge in [0.1, 0.15) is 6.10 Å². The van der Waals surface area contributed by atoms with E-state index in [4.69, 9.17) is 13.3 Å². The van der Waals surface area contributed by atoms with E-state index in [1.165, 1.54) is 0 Å². The van der Waals surface area contributed by atoms with Crippen molar-refractivity contribution in [1.29, 1.82) is 0 Å². The van der Waals surface area contributed by atoms with Crippen molar-refractivity contribution in [2.45, 2.75) is 57.5 Å². The van der Waals surface area contributed by atoms with Gasteiger partial charge in [0.2, 0.25) is 0 Å². The van der Waals surface area contributed by atoms with Crippen molar-refractivity contribution in [2.75, 3.05) is 19.5 Å². The first-order chi connectivity index (χ1) is 8.41. The number of hydrogen-bond acceptors (Lipinski definition) is 5. The number of ether oxygens (including phenoxy) is 1. The minimum absolute atomic E-state index is 0.0686. The van der Waals surface area contributed by atoms with Gasteiger partial charge in [-0.25, -0.2) is 0 Å². The van der Waals surface area contributed by atoms with Gasteiger partial charge in [-0.05, 0) is 18.1 Å². The molecule has 0 amide bonds. The lowest BCUT2D eigenvalue weighted by Crippen LogP contribution is -2.42. The third-order valence-electron chi connectivity index (χ3n) is 3.79. The second-order valence-electron chi connectivity index (χ2n) is 6.68. The highest BCUT2D eigenvalue weighted by Gasteiger charge is 2.38. The van der Waals surface area contributed by atoms with E-state index in [1.807, 2.05) is 0 Å². The first-order valence-electron chi connectivity index (χ1n) is 6.54. The Morgan fingerprint density at radius 2 is 1.89 bits per heavy atom. The summed E-state index contributed by atoms with van der Waals surface area (Å²) in [6, 6.07) is 0. The normalized spacial score (nSPS) is 25.8. The lowest BCUT2D eigenvalue weighted by molar-refractivity contribution is 0.0572. The molecule has 1 fully saturated rings. The lowest BCUT2D eigenvalue weighted by Gasteiger charge is -2.36. The van der Waals surface area contributed by atoms with E-state index >= 15 is 0 Å². The van der Waals surface area contributed by atoms with Crippen LogP contribution in [0.25, 0.3) is 0 Å². The molecule has 0 aliphatic carbocycles. The summed E-state index contributed by atoms with van der Waals surface area (Å²) in [4.78, 5) is 0. The average molecular weight is 310 g/mol. The van der Waals surface area contributed by atoms with Gasteiger partial charge in [-0.2, -0.15) is 8.42 Å². The van der Waals surface area contributed by atoms with Crippen LogP contribution in [-0.2, 0) is 23.5 Å². The molecule has 1 heterocycles. The molecular weight excluding hydrogens is 284 g/mol. The van der Waals surface area contributed by atoms with Crippen molar-refractivity contribution in [3.63, 3.8) is 0 Å². The molecular formula is C12H26O5SSi. The van der Waals surface area contributed by atoms with E-state index in [2.05, 4.69) is 33.9 Å². The zero-order chi connectivity index (χ0) is 14.9. The Balaban J connectivity index is 2.42. The van der Waals surface area contributed by atoms with Crippen LogP contribution in [0.2, 0.25) is 18.1 Å². The summed E-state index contributed by atoms with van der Waals surface area (Å²) in [5, 5.41) is 0.161. The predicted molar refractivity (Wildman–Crippen MR) is 77.2 cm³/mol. The number of rotatable bonds is 5. The summed E-state index contributed by atoms with van der Waals surface area (Å²) in [6.07, 6.45) is 1.19. The fraction of sp³-hybridized carbons (Fsp3) is 1.00. The number of hydrogen-bond donors (Lipinski definition) is 0. The Morgan fingerprint density at radius 1 is 1.32 bits per heavy atom. The van der Waals surface area contributed by atoms with Gasteiger partial charge in [0.05, 0.1) is 25.6 Å². The molecule has 0 saturated carbocycles. The summed E-state index contributed by atoms with van der Waals surface area (Å²) in [5.74, 6) is 0. The summed E-state index contributed by atoms with van der Waals surface area (Å²) in [5.41, 5.74) is 0. The molecule has 1 rings (SSSR count). The van der Waals surface area contributed by atoms with Gasteiger partial charge >= 0.3 is 0 Å². The van der Waals surface area contributed by atoms with E-state index in [0.29, 0.717) is 19.6 Å². The molecule has 19 heavy (non-hydrogen) atoms. The maximum Gasteiger partial charge on any atom is 0.264 e. The van der Waals surface area contributed by atoms with Crippen molar-refractivity contribution >= 4 is 18.4 Å². The molecule has 0 N–H and O–H groups in total. The van der Waals surface area contributed by atoms with Crippen LogP contribution >= 0.6 is 0 Å². The minimum Gasteiger partial charge on any atom is -0.414 e. The zero-order valence-electron chi connectivity index (χ0n) is 12.7. The van der Waals surface area contributed by atoms with Crippen molar-refractivity contribution < 1.29 is 21.8 Å². The predicted octanol–water partition coefficient (Wildman–Crippen LogP) is 2.14. The Kier molecular flexibility index (Phi) is 5.23. The molecule has 1 aliphatic heterocycles. The van der Waals surface area contributed by atoms with Gasteiger partial charge in [0.25, 0.3) is 10.1 Å². The van der Waals surface area contributed by atoms with Crippen LogP contribution in [0.15, 0.2) is 0 Å². The second-order valence-corrected chi connectivity index (χ2v) is 13.1. The molecule has 0 bridgehead atoms. The van der Waals surface area contributed by atoms with Gasteiger partial charge in [0.15, 0.2) is 8.32 Å². The SMILES string of the molecule is CC(C)(C)[Si](C)(C)OC[C@H]1C[C@H](OS(C)(=O)=O)CO1. The molecule has 0 unspecified atom stereocenters. The molecule has 0 aromatic heterocycles. The van der Waals surface area contributed by atoms with E-state index in [0.717, 1.165) is 6.26 Å². The van der Waals surface area contributed by atoms with Crippen molar-refractivity contribution in [3.8, 4) is 0 Å². The molecule has 0 spiro atoms. The Labute approximate surface area is 117 Å². The van der Waals surface area contributed by atoms with Crippen LogP contribution in [0.3, 0.4) is 0 Å². The van der Waals surface area contributed by atoms with Crippen LogP contribution in [0.5, 0.6) is 0 Å². The van der Waals surface area contributed by atoms with Crippen LogP contribution in [0.4, 0.5) is 0 Å². The first-order valence-corrected chi connectivity index (χ1v) is 11.3. The molecule has 1 aliphatic rings. The Bertz CT molecular complexity index is 399. The highest BCUT2D eigenvalue weighted by atomic mass is 32.2. The van der Waals surface area contributed by atoms with E-state index < -0.39 is 18.4 Å². The fourth-order valence-electron chi connectivity index (χ4n) is 1.62. The maximum atomic E-state index is 11.0. The van der Waals surface area contributed by atoms with Gasteiger partial charge < -0.3 is 9.16 Å². The van der Waals surface area contributed by atoms with E-state index in [-0.39, 0.29) is 17.2 Å². The van der Waals surface area contributed by atoms with Gasteiger partial charge in [0, 0.05) is 6.42 Å². The highest BCUT2D eigenvalue weighted by molar-refractivity contribution is 7.86. The summed E-state index contributed by atoms with van der Waals surface area (Å²) >= 11 is 0. The monoisotopic (exact) mass is 310 g/mol. The quantitative estimate of drug-likeness (QED) is 0.575. The largest absolute Gasteiger partial charge is 0.414 e. The van der Waals surface area contributed by atoms with Crippen LogP contribution in [0, 0.1) is 0 Å². The van der Waals surface area contributed by atoms with Gasteiger partial charge in [-0.1, -0.05) is 20.8 Å². The van der Waals surface area contributed by atoms with Crippen molar-refractivity contribution in [2.24, 2.45) is 0 Å². The smallest absolute Gasteiger partial charge is 0.264 e. The van der Waals surface area contributed by atoms with Crippen LogP contribution in [-0.4, -0.2) is 48.4 Å². The minimum atomic E-state index is -3.41. The Hall–Kier alpha value is 0.0469. The van der Waals surface area contributed by atoms with Crippen molar-refractivity contribution in [1.82, 2.24) is 0 Å². The second kappa shape index (κ2) is 5.81. The summed E-state index contributed by atoms with van der Waals surface area (Å²) < 4.78 is 38.6. The van der Waals surface area contributed by atoms with Gasteiger partial charge in [-0.3, -0.25) is 4.18 Å². The molecule has 5 nitrogen and oxygen atoms in total. The first kappa shape index (κ1) is 17.1.